The summed E-state index contributed by atoms with van der Waals surface area (Å²) in [5.41, 5.74) is 0.856. The molecule has 56 valence electrons. The van der Waals surface area contributed by atoms with Crippen LogP contribution < -0.4 is 0 Å². The van der Waals surface area contributed by atoms with Gasteiger partial charge >= 0.3 is 0 Å². The summed E-state index contributed by atoms with van der Waals surface area (Å²) in [6, 6.07) is 7.41. The van der Waals surface area contributed by atoms with Gasteiger partial charge in [0, 0.05) is 5.39 Å². The molecule has 0 saturated heterocycles. The Morgan fingerprint density at radius 2 is 2.00 bits per heavy atom. The molecule has 0 fully saturated rings. The lowest BCUT2D eigenvalue weighted by atomic mass is 10.2. The van der Waals surface area contributed by atoms with E-state index in [1.165, 1.54) is 0 Å². The van der Waals surface area contributed by atoms with Crippen molar-refractivity contribution in [2.24, 2.45) is 0 Å². The van der Waals surface area contributed by atoms with E-state index in [0.29, 0.717) is 5.15 Å². The Labute approximate surface area is 68.4 Å². The number of rotatable bonds is 0. The standard InChI is InChI=1S/C8H6ClNO/c9-8-7(11)5-3-1-2-4-6(5)10-8/h1-4,10-11H. The van der Waals surface area contributed by atoms with E-state index in [4.69, 9.17) is 11.6 Å². The first-order valence-electron chi connectivity index (χ1n) is 3.24. The maximum atomic E-state index is 9.34. The summed E-state index contributed by atoms with van der Waals surface area (Å²) in [4.78, 5) is 2.84. The molecule has 0 aliphatic rings. The van der Waals surface area contributed by atoms with Crippen LogP contribution in [-0.4, -0.2) is 10.1 Å². The Bertz CT molecular complexity index is 394. The predicted molar refractivity (Wildman–Crippen MR) is 45.0 cm³/mol. The zero-order chi connectivity index (χ0) is 7.84. The summed E-state index contributed by atoms with van der Waals surface area (Å²) in [6.45, 7) is 0. The summed E-state index contributed by atoms with van der Waals surface area (Å²) in [7, 11) is 0. The Hall–Kier alpha value is -1.15. The monoisotopic (exact) mass is 167 g/mol. The number of halogens is 1. The molecule has 0 atom stereocenters. The van der Waals surface area contributed by atoms with Crippen molar-refractivity contribution in [1.29, 1.82) is 0 Å². The highest BCUT2D eigenvalue weighted by Crippen LogP contribution is 2.31. The summed E-state index contributed by atoms with van der Waals surface area (Å²) in [5, 5.41) is 10.4. The van der Waals surface area contributed by atoms with Crippen LogP contribution in [0.5, 0.6) is 5.75 Å². The van der Waals surface area contributed by atoms with Gasteiger partial charge in [-0.3, -0.25) is 0 Å². The molecule has 2 nitrogen and oxygen atoms in total. The Balaban J connectivity index is 2.92. The maximum Gasteiger partial charge on any atom is 0.160 e. The van der Waals surface area contributed by atoms with Gasteiger partial charge in [-0.2, -0.15) is 0 Å². The molecule has 0 saturated carbocycles. The van der Waals surface area contributed by atoms with Crippen LogP contribution >= 0.6 is 11.6 Å². The molecule has 0 bridgehead atoms. The SMILES string of the molecule is Oc1c(Cl)[nH]c2ccccc12. The molecule has 11 heavy (non-hydrogen) atoms. The van der Waals surface area contributed by atoms with Gasteiger partial charge in [0.2, 0.25) is 0 Å². The molecule has 0 radical (unpaired) electrons. The molecule has 0 spiro atoms. The molecule has 1 aromatic heterocycles. The number of hydrogen-bond acceptors (Lipinski definition) is 1. The summed E-state index contributed by atoms with van der Waals surface area (Å²) in [6.07, 6.45) is 0. The van der Waals surface area contributed by atoms with Crippen molar-refractivity contribution >= 4 is 22.5 Å². The Kier molecular flexibility index (Phi) is 1.29. The molecule has 0 aliphatic carbocycles. The fourth-order valence-corrected chi connectivity index (χ4v) is 1.30. The van der Waals surface area contributed by atoms with Crippen LogP contribution in [0.4, 0.5) is 0 Å². The van der Waals surface area contributed by atoms with Gasteiger partial charge in [-0.1, -0.05) is 23.7 Å². The molecule has 1 heterocycles. The highest BCUT2D eigenvalue weighted by molar-refractivity contribution is 6.32. The average Bonchev–Trinajstić information content (AvgIpc) is 2.30. The van der Waals surface area contributed by atoms with Crippen molar-refractivity contribution in [2.45, 2.75) is 0 Å². The number of nitrogens with one attached hydrogen (secondary N) is 1. The third kappa shape index (κ3) is 0.870. The molecule has 0 unspecified atom stereocenters. The van der Waals surface area contributed by atoms with Crippen molar-refractivity contribution in [3.63, 3.8) is 0 Å². The molecule has 2 rings (SSSR count). The second-order valence-corrected chi connectivity index (χ2v) is 2.71. The van der Waals surface area contributed by atoms with E-state index in [2.05, 4.69) is 4.98 Å². The van der Waals surface area contributed by atoms with E-state index in [1.807, 2.05) is 24.3 Å². The lowest BCUT2D eigenvalue weighted by Crippen LogP contribution is -1.63. The minimum atomic E-state index is 0.127. The van der Waals surface area contributed by atoms with Gasteiger partial charge in [-0.25, -0.2) is 0 Å². The Morgan fingerprint density at radius 1 is 1.27 bits per heavy atom. The van der Waals surface area contributed by atoms with Crippen LogP contribution in [-0.2, 0) is 0 Å². The van der Waals surface area contributed by atoms with Crippen LogP contribution in [0.3, 0.4) is 0 Å². The van der Waals surface area contributed by atoms with Gasteiger partial charge < -0.3 is 10.1 Å². The normalized spacial score (nSPS) is 10.6. The van der Waals surface area contributed by atoms with Gasteiger partial charge in [0.25, 0.3) is 0 Å². The third-order valence-corrected chi connectivity index (χ3v) is 1.91. The van der Waals surface area contributed by atoms with Gasteiger partial charge in [-0.05, 0) is 12.1 Å². The van der Waals surface area contributed by atoms with Crippen LogP contribution in [0.25, 0.3) is 10.9 Å². The molecule has 2 N–H and O–H groups in total. The van der Waals surface area contributed by atoms with Crippen molar-refractivity contribution in [3.05, 3.63) is 29.4 Å². The van der Waals surface area contributed by atoms with Gasteiger partial charge in [0.05, 0.1) is 5.52 Å². The molecular formula is C8H6ClNO. The quantitative estimate of drug-likeness (QED) is 0.622. The number of aromatic nitrogens is 1. The number of para-hydroxylation sites is 1. The van der Waals surface area contributed by atoms with Crippen LogP contribution in [0.1, 0.15) is 0 Å². The smallest absolute Gasteiger partial charge is 0.160 e. The number of H-pyrrole nitrogens is 1. The van der Waals surface area contributed by atoms with E-state index in [0.717, 1.165) is 10.9 Å². The third-order valence-electron chi connectivity index (χ3n) is 1.63. The fraction of sp³-hybridized carbons (Fsp3) is 0. The fourth-order valence-electron chi connectivity index (χ4n) is 1.09. The first-order chi connectivity index (χ1) is 5.29. The summed E-state index contributed by atoms with van der Waals surface area (Å²) < 4.78 is 0. The number of aromatic hydroxyl groups is 1. The van der Waals surface area contributed by atoms with Crippen LogP contribution in [0, 0.1) is 0 Å². The topological polar surface area (TPSA) is 36.0 Å². The lowest BCUT2D eigenvalue weighted by Gasteiger charge is -1.86. The second-order valence-electron chi connectivity index (χ2n) is 2.33. The van der Waals surface area contributed by atoms with Crippen molar-refractivity contribution < 1.29 is 5.11 Å². The maximum absolute atomic E-state index is 9.34. The van der Waals surface area contributed by atoms with E-state index >= 15 is 0 Å². The average molecular weight is 168 g/mol. The number of aromatic amines is 1. The van der Waals surface area contributed by atoms with Gasteiger partial charge in [0.1, 0.15) is 5.15 Å². The first kappa shape index (κ1) is 6.55. The van der Waals surface area contributed by atoms with E-state index in [9.17, 15) is 5.11 Å². The molecule has 3 heteroatoms. The second kappa shape index (κ2) is 2.17. The minimum absolute atomic E-state index is 0.127. The largest absolute Gasteiger partial charge is 0.504 e. The lowest BCUT2D eigenvalue weighted by molar-refractivity contribution is 0.482. The van der Waals surface area contributed by atoms with E-state index in [1.54, 1.807) is 0 Å². The molecular weight excluding hydrogens is 162 g/mol. The van der Waals surface area contributed by atoms with Crippen LogP contribution in [0.2, 0.25) is 5.15 Å². The highest BCUT2D eigenvalue weighted by atomic mass is 35.5. The molecule has 0 aliphatic heterocycles. The van der Waals surface area contributed by atoms with E-state index in [-0.39, 0.29) is 5.75 Å². The van der Waals surface area contributed by atoms with Gasteiger partial charge in [0.15, 0.2) is 5.75 Å². The number of hydrogen-bond donors (Lipinski definition) is 2. The summed E-state index contributed by atoms with van der Waals surface area (Å²) in [5.74, 6) is 0.127. The molecule has 1 aromatic carbocycles. The Morgan fingerprint density at radius 3 is 2.73 bits per heavy atom. The number of benzene rings is 1. The van der Waals surface area contributed by atoms with Crippen molar-refractivity contribution in [1.82, 2.24) is 4.98 Å². The number of fused-ring (bicyclic) bond motifs is 1. The van der Waals surface area contributed by atoms with Crippen molar-refractivity contribution in [3.8, 4) is 5.75 Å². The molecule has 2 aromatic rings. The summed E-state index contributed by atoms with van der Waals surface area (Å²) >= 11 is 5.65. The predicted octanol–water partition coefficient (Wildman–Crippen LogP) is 2.53. The van der Waals surface area contributed by atoms with Gasteiger partial charge in [-0.15, -0.1) is 0 Å². The zero-order valence-electron chi connectivity index (χ0n) is 5.63. The first-order valence-corrected chi connectivity index (χ1v) is 3.62. The van der Waals surface area contributed by atoms with Crippen molar-refractivity contribution in [2.75, 3.05) is 0 Å². The highest BCUT2D eigenvalue weighted by Gasteiger charge is 2.05. The van der Waals surface area contributed by atoms with Crippen LogP contribution in [0.15, 0.2) is 24.3 Å². The zero-order valence-corrected chi connectivity index (χ0v) is 6.39. The minimum Gasteiger partial charge on any atom is -0.504 e. The van der Waals surface area contributed by atoms with E-state index < -0.39 is 0 Å². The molecule has 0 amide bonds.